The Bertz CT molecular complexity index is 1180. The summed E-state index contributed by atoms with van der Waals surface area (Å²) in [7, 11) is 0. The van der Waals surface area contributed by atoms with Crippen molar-refractivity contribution >= 4 is 23.6 Å². The van der Waals surface area contributed by atoms with E-state index >= 15 is 0 Å². The van der Waals surface area contributed by atoms with Crippen LogP contribution in [-0.2, 0) is 24.4 Å². The number of alkyl carbamates (subject to hydrolysis) is 1. The van der Waals surface area contributed by atoms with Crippen LogP contribution in [0, 0.1) is 6.92 Å². The molecule has 0 saturated carbocycles. The molecule has 3 rings (SSSR count). The first-order valence-electron chi connectivity index (χ1n) is 9.63. The van der Waals surface area contributed by atoms with Gasteiger partial charge < -0.3 is 25.5 Å². The maximum absolute atomic E-state index is 12.5. The first-order chi connectivity index (χ1) is 15.3. The van der Waals surface area contributed by atoms with Gasteiger partial charge in [0.2, 0.25) is 5.75 Å². The topological polar surface area (TPSA) is 133 Å². The average molecular weight is 457 g/mol. The van der Waals surface area contributed by atoms with E-state index in [9.17, 15) is 19.5 Å². The number of aryl methyl sites for hydroxylation is 1. The molecule has 166 valence electrons. The number of benzene rings is 2. The molecule has 0 aliphatic heterocycles. The highest BCUT2D eigenvalue weighted by molar-refractivity contribution is 6.31. The number of aromatic amines is 1. The van der Waals surface area contributed by atoms with Gasteiger partial charge in [0.1, 0.15) is 12.4 Å². The SMILES string of the molecule is Cc1ccc(CNC(=O)c2nc(CNC(=O)OCc3ccccc3)[nH]c(=O)c2O)cc1Cl. The van der Waals surface area contributed by atoms with E-state index in [1.54, 1.807) is 12.1 Å². The zero-order chi connectivity index (χ0) is 23.1. The Kier molecular flexibility index (Phi) is 7.45. The molecule has 0 saturated heterocycles. The lowest BCUT2D eigenvalue weighted by Gasteiger charge is -2.10. The van der Waals surface area contributed by atoms with Gasteiger partial charge in [-0.2, -0.15) is 0 Å². The zero-order valence-electron chi connectivity index (χ0n) is 17.1. The number of ether oxygens (including phenoxy) is 1. The number of nitrogens with one attached hydrogen (secondary N) is 3. The summed E-state index contributed by atoms with van der Waals surface area (Å²) in [5, 5.41) is 15.5. The maximum atomic E-state index is 12.5. The van der Waals surface area contributed by atoms with E-state index in [1.807, 2.05) is 43.3 Å². The molecule has 4 N–H and O–H groups in total. The third-order valence-electron chi connectivity index (χ3n) is 4.46. The molecule has 0 bridgehead atoms. The van der Waals surface area contributed by atoms with Crippen molar-refractivity contribution in [3.8, 4) is 5.75 Å². The molecule has 0 fully saturated rings. The Labute approximate surface area is 188 Å². The van der Waals surface area contributed by atoms with Gasteiger partial charge in [-0.05, 0) is 29.7 Å². The van der Waals surface area contributed by atoms with Crippen molar-refractivity contribution in [2.75, 3.05) is 0 Å². The predicted octanol–water partition coefficient (Wildman–Crippen LogP) is 2.79. The Morgan fingerprint density at radius 3 is 2.56 bits per heavy atom. The Balaban J connectivity index is 1.60. The molecular formula is C22H21ClN4O5. The van der Waals surface area contributed by atoms with Crippen LogP contribution in [0.15, 0.2) is 53.3 Å². The molecule has 1 heterocycles. The molecule has 0 aliphatic carbocycles. The summed E-state index contributed by atoms with van der Waals surface area (Å²) in [5.41, 5.74) is 1.09. The summed E-state index contributed by atoms with van der Waals surface area (Å²) in [4.78, 5) is 42.6. The fraction of sp³-hybridized carbons (Fsp3) is 0.182. The fourth-order valence-electron chi connectivity index (χ4n) is 2.70. The molecule has 0 spiro atoms. The molecule has 0 radical (unpaired) electrons. The predicted molar refractivity (Wildman–Crippen MR) is 117 cm³/mol. The number of amides is 2. The fourth-order valence-corrected chi connectivity index (χ4v) is 2.90. The molecule has 9 nitrogen and oxygen atoms in total. The summed E-state index contributed by atoms with van der Waals surface area (Å²) in [6.45, 7) is 1.84. The summed E-state index contributed by atoms with van der Waals surface area (Å²) >= 11 is 6.08. The monoisotopic (exact) mass is 456 g/mol. The first-order valence-corrected chi connectivity index (χ1v) is 10.0. The molecule has 1 aromatic heterocycles. The minimum absolute atomic E-state index is 0.0204. The van der Waals surface area contributed by atoms with Gasteiger partial charge in [-0.25, -0.2) is 9.78 Å². The Morgan fingerprint density at radius 2 is 1.84 bits per heavy atom. The average Bonchev–Trinajstić information content (AvgIpc) is 2.79. The molecule has 2 aromatic carbocycles. The van der Waals surface area contributed by atoms with Crippen molar-refractivity contribution in [2.45, 2.75) is 26.6 Å². The number of carbonyl (C=O) groups is 2. The van der Waals surface area contributed by atoms with Crippen LogP contribution in [0.25, 0.3) is 0 Å². The largest absolute Gasteiger partial charge is 0.501 e. The molecule has 10 heteroatoms. The molecule has 0 aliphatic rings. The number of halogens is 1. The van der Waals surface area contributed by atoms with Crippen molar-refractivity contribution in [3.63, 3.8) is 0 Å². The van der Waals surface area contributed by atoms with E-state index in [0.717, 1.165) is 16.7 Å². The zero-order valence-corrected chi connectivity index (χ0v) is 17.9. The van der Waals surface area contributed by atoms with Crippen LogP contribution in [-0.4, -0.2) is 27.1 Å². The van der Waals surface area contributed by atoms with Crippen molar-refractivity contribution in [3.05, 3.63) is 92.1 Å². The second-order valence-electron chi connectivity index (χ2n) is 6.89. The second kappa shape index (κ2) is 10.5. The third kappa shape index (κ3) is 6.08. The lowest BCUT2D eigenvalue weighted by atomic mass is 10.1. The highest BCUT2D eigenvalue weighted by Gasteiger charge is 2.18. The van der Waals surface area contributed by atoms with Crippen molar-refractivity contribution in [1.29, 1.82) is 0 Å². The van der Waals surface area contributed by atoms with Crippen LogP contribution in [0.4, 0.5) is 4.79 Å². The summed E-state index contributed by atoms with van der Waals surface area (Å²) in [5.74, 6) is -1.59. The molecule has 3 aromatic rings. The Hall–Kier alpha value is -3.85. The summed E-state index contributed by atoms with van der Waals surface area (Å²) < 4.78 is 5.08. The van der Waals surface area contributed by atoms with Gasteiger partial charge in [0.15, 0.2) is 5.69 Å². The van der Waals surface area contributed by atoms with Crippen LogP contribution in [0.3, 0.4) is 0 Å². The van der Waals surface area contributed by atoms with Crippen molar-refractivity contribution in [1.82, 2.24) is 20.6 Å². The van der Waals surface area contributed by atoms with E-state index in [4.69, 9.17) is 16.3 Å². The minimum Gasteiger partial charge on any atom is -0.501 e. The minimum atomic E-state index is -0.905. The Morgan fingerprint density at radius 1 is 1.09 bits per heavy atom. The molecule has 2 amide bonds. The van der Waals surface area contributed by atoms with Crippen LogP contribution in [0.5, 0.6) is 5.75 Å². The quantitative estimate of drug-likeness (QED) is 0.432. The molecule has 0 unspecified atom stereocenters. The normalized spacial score (nSPS) is 10.4. The van der Waals surface area contributed by atoms with Crippen LogP contribution < -0.4 is 16.2 Å². The first kappa shape index (κ1) is 22.8. The highest BCUT2D eigenvalue weighted by Crippen LogP contribution is 2.17. The van der Waals surface area contributed by atoms with Gasteiger partial charge in [0.05, 0.1) is 6.54 Å². The second-order valence-corrected chi connectivity index (χ2v) is 7.30. The van der Waals surface area contributed by atoms with Gasteiger partial charge >= 0.3 is 6.09 Å². The number of hydrogen-bond donors (Lipinski definition) is 4. The summed E-state index contributed by atoms with van der Waals surface area (Å²) in [6.07, 6.45) is -0.730. The van der Waals surface area contributed by atoms with Crippen molar-refractivity contribution < 1.29 is 19.4 Å². The maximum Gasteiger partial charge on any atom is 0.407 e. The van der Waals surface area contributed by atoms with E-state index in [2.05, 4.69) is 20.6 Å². The number of carbonyl (C=O) groups excluding carboxylic acids is 2. The van der Waals surface area contributed by atoms with Gasteiger partial charge in [-0.3, -0.25) is 9.59 Å². The number of aromatic nitrogens is 2. The van der Waals surface area contributed by atoms with Gasteiger partial charge in [0, 0.05) is 11.6 Å². The van der Waals surface area contributed by atoms with E-state index in [0.29, 0.717) is 5.02 Å². The van der Waals surface area contributed by atoms with Gasteiger partial charge in [-0.15, -0.1) is 0 Å². The molecule has 32 heavy (non-hydrogen) atoms. The number of hydrogen-bond acceptors (Lipinski definition) is 6. The lowest BCUT2D eigenvalue weighted by molar-refractivity contribution is 0.0942. The number of rotatable bonds is 7. The van der Waals surface area contributed by atoms with Crippen LogP contribution >= 0.6 is 11.6 Å². The highest BCUT2D eigenvalue weighted by atomic mass is 35.5. The van der Waals surface area contributed by atoms with Gasteiger partial charge in [-0.1, -0.05) is 54.1 Å². The molecule has 0 atom stereocenters. The van der Waals surface area contributed by atoms with Crippen LogP contribution in [0.1, 0.15) is 33.0 Å². The summed E-state index contributed by atoms with van der Waals surface area (Å²) in [6, 6.07) is 14.4. The lowest BCUT2D eigenvalue weighted by Crippen LogP contribution is -2.30. The van der Waals surface area contributed by atoms with E-state index in [1.165, 1.54) is 0 Å². The molecular weight excluding hydrogens is 436 g/mol. The number of nitrogens with zero attached hydrogens (tertiary/aromatic N) is 1. The van der Waals surface area contributed by atoms with E-state index < -0.39 is 29.0 Å². The number of H-pyrrole nitrogens is 1. The third-order valence-corrected chi connectivity index (χ3v) is 4.87. The standard InChI is InChI=1S/C22H21ClN4O5/c1-13-7-8-15(9-16(13)23)10-24-20(29)18-19(28)21(30)27-17(26-18)11-25-22(31)32-12-14-5-3-2-4-6-14/h2-9,28H,10-12H2,1H3,(H,24,29)(H,25,31)(H,26,27,30). The smallest absolute Gasteiger partial charge is 0.407 e. The van der Waals surface area contributed by atoms with Crippen molar-refractivity contribution in [2.24, 2.45) is 0 Å². The number of aromatic hydroxyl groups is 1. The van der Waals surface area contributed by atoms with Gasteiger partial charge in [0.25, 0.3) is 11.5 Å². The van der Waals surface area contributed by atoms with Crippen LogP contribution in [0.2, 0.25) is 5.02 Å². The van der Waals surface area contributed by atoms with E-state index in [-0.39, 0.29) is 25.5 Å².